The van der Waals surface area contributed by atoms with E-state index in [1.54, 1.807) is 18.2 Å². The molecule has 2 rings (SSSR count). The van der Waals surface area contributed by atoms with Crippen LogP contribution in [0.5, 0.6) is 0 Å². The van der Waals surface area contributed by atoms with Crippen LogP contribution in [0.15, 0.2) is 27.8 Å². The van der Waals surface area contributed by atoms with Gasteiger partial charge in [-0.3, -0.25) is 9.59 Å². The number of anilines is 2. The number of halogens is 1. The molecule has 23 heavy (non-hydrogen) atoms. The third-order valence-corrected chi connectivity index (χ3v) is 4.23. The minimum absolute atomic E-state index is 0.270. The summed E-state index contributed by atoms with van der Waals surface area (Å²) in [7, 11) is 0. The van der Waals surface area contributed by atoms with Crippen molar-refractivity contribution < 1.29 is 0 Å². The molecule has 0 saturated carbocycles. The fraction of sp³-hybridized carbons (Fsp3) is 0.353. The molecule has 0 amide bonds. The molecule has 0 fully saturated rings. The van der Waals surface area contributed by atoms with Gasteiger partial charge in [0.25, 0.3) is 10.9 Å². The maximum absolute atomic E-state index is 11.8. The van der Waals surface area contributed by atoms with Gasteiger partial charge in [-0.15, -0.1) is 0 Å². The van der Waals surface area contributed by atoms with Crippen molar-refractivity contribution in [2.24, 2.45) is 0 Å². The highest BCUT2D eigenvalue weighted by atomic mass is 35.5. The smallest absolute Gasteiger partial charge is 0.253 e. The Kier molecular flexibility index (Phi) is 4.76. The zero-order chi connectivity index (χ0) is 17.2. The van der Waals surface area contributed by atoms with E-state index in [9.17, 15) is 9.59 Å². The molecule has 2 aromatic carbocycles. The molecule has 0 unspecified atom stereocenters. The Morgan fingerprint density at radius 2 is 1.87 bits per heavy atom. The van der Waals surface area contributed by atoms with Gasteiger partial charge in [-0.25, -0.2) is 4.85 Å². The Balaban J connectivity index is 2.16. The Morgan fingerprint density at radius 1 is 1.22 bits per heavy atom. The van der Waals surface area contributed by atoms with Gasteiger partial charge in [-0.1, -0.05) is 30.7 Å². The zero-order valence-electron chi connectivity index (χ0n) is 13.3. The van der Waals surface area contributed by atoms with Gasteiger partial charge in [0.1, 0.15) is 11.4 Å². The normalized spacial score (nSPS) is 11.3. The highest BCUT2D eigenvalue weighted by Crippen LogP contribution is 2.25. The Morgan fingerprint density at radius 3 is 2.43 bits per heavy atom. The Bertz CT molecular complexity index is 843. The van der Waals surface area contributed by atoms with Crippen LogP contribution in [-0.2, 0) is 6.54 Å². The summed E-state index contributed by atoms with van der Waals surface area (Å²) in [5, 5.41) is 6.54. The van der Waals surface area contributed by atoms with Crippen molar-refractivity contribution in [3.05, 3.63) is 60.6 Å². The third-order valence-electron chi connectivity index (χ3n) is 3.88. The van der Waals surface area contributed by atoms with E-state index in [0.29, 0.717) is 28.6 Å². The van der Waals surface area contributed by atoms with E-state index in [1.807, 2.05) is 20.8 Å². The molecule has 2 N–H and O–H groups in total. The van der Waals surface area contributed by atoms with Crippen LogP contribution < -0.4 is 21.5 Å². The molecule has 0 aliphatic rings. The monoisotopic (exact) mass is 331 g/mol. The van der Waals surface area contributed by atoms with Crippen LogP contribution in [0.2, 0.25) is 5.02 Å². The summed E-state index contributed by atoms with van der Waals surface area (Å²) in [6.07, 6.45) is 0.815. The third kappa shape index (κ3) is 3.54. The summed E-state index contributed by atoms with van der Waals surface area (Å²) < 4.78 is 0. The topological polar surface area (TPSA) is 62.6 Å². The van der Waals surface area contributed by atoms with Gasteiger partial charge < -0.3 is 10.6 Å². The fourth-order valence-corrected chi connectivity index (χ4v) is 2.28. The average molecular weight is 332 g/mol. The highest BCUT2D eigenvalue weighted by molar-refractivity contribution is 6.31. The minimum Gasteiger partial charge on any atom is -0.376 e. The molecule has 0 radical (unpaired) electrons. The first-order valence-electron chi connectivity index (χ1n) is 7.30. The van der Waals surface area contributed by atoms with Gasteiger partial charge in [0.15, 0.2) is 5.69 Å². The molecule has 0 bridgehead atoms. The number of hydrogen-bond donors (Lipinski definition) is 2. The lowest BCUT2D eigenvalue weighted by Crippen LogP contribution is -2.42. The first-order chi connectivity index (χ1) is 10.8. The lowest BCUT2D eigenvalue weighted by atomic mass is 10.00. The van der Waals surface area contributed by atoms with E-state index in [2.05, 4.69) is 15.5 Å². The van der Waals surface area contributed by atoms with Crippen LogP contribution >= 0.6 is 11.6 Å². The van der Waals surface area contributed by atoms with Gasteiger partial charge in [-0.05, 0) is 31.9 Å². The molecule has 6 heteroatoms. The van der Waals surface area contributed by atoms with Crippen molar-refractivity contribution in [3.8, 4) is 0 Å². The molecule has 0 aliphatic heterocycles. The predicted molar refractivity (Wildman–Crippen MR) is 94.4 cm³/mol. The van der Waals surface area contributed by atoms with E-state index in [4.69, 9.17) is 18.2 Å². The minimum atomic E-state index is -0.520. The second-order valence-electron chi connectivity index (χ2n) is 6.01. The van der Waals surface area contributed by atoms with Crippen molar-refractivity contribution in [1.82, 2.24) is 0 Å². The van der Waals surface area contributed by atoms with Gasteiger partial charge >= 0.3 is 0 Å². The van der Waals surface area contributed by atoms with Crippen LogP contribution in [0, 0.1) is 6.57 Å². The van der Waals surface area contributed by atoms with E-state index in [0.717, 1.165) is 12.0 Å². The van der Waals surface area contributed by atoms with Crippen LogP contribution in [0.4, 0.5) is 17.1 Å². The lowest BCUT2D eigenvalue weighted by molar-refractivity contribution is 0.546. The van der Waals surface area contributed by atoms with Gasteiger partial charge in [0.2, 0.25) is 0 Å². The van der Waals surface area contributed by atoms with Crippen molar-refractivity contribution in [1.29, 1.82) is 0 Å². The van der Waals surface area contributed by atoms with E-state index < -0.39 is 10.9 Å². The van der Waals surface area contributed by atoms with E-state index >= 15 is 0 Å². The lowest BCUT2D eigenvalue weighted by Gasteiger charge is -2.28. The number of hydrogen-bond acceptors (Lipinski definition) is 4. The van der Waals surface area contributed by atoms with Crippen LogP contribution in [0.25, 0.3) is 4.85 Å². The molecular formula is C17H18ClN3O2. The van der Waals surface area contributed by atoms with E-state index in [1.165, 1.54) is 0 Å². The zero-order valence-corrected chi connectivity index (χ0v) is 14.0. The molecule has 0 atom stereocenters. The second-order valence-corrected chi connectivity index (χ2v) is 6.42. The predicted octanol–water partition coefficient (Wildman–Crippen LogP) is 3.70. The maximum Gasteiger partial charge on any atom is 0.253 e. The number of nitrogens with zero attached hydrogens (tertiary/aromatic N) is 1. The summed E-state index contributed by atoms with van der Waals surface area (Å²) >= 11 is 6.12. The first kappa shape index (κ1) is 17.0. The summed E-state index contributed by atoms with van der Waals surface area (Å²) in [5.74, 6) is 0. The summed E-state index contributed by atoms with van der Waals surface area (Å²) in [5.41, 5.74) is 0.551. The van der Waals surface area contributed by atoms with Crippen molar-refractivity contribution in [2.45, 2.75) is 39.3 Å². The molecule has 0 aliphatic carbocycles. The van der Waals surface area contributed by atoms with Crippen LogP contribution in [0.3, 0.4) is 0 Å². The molecule has 0 saturated heterocycles. The number of rotatable bonds is 6. The SMILES string of the molecule is [C-]#[N+]c1ccc(CNc2c(NC(C)(C)CC)c(=O)c2=O)c(Cl)c1. The first-order valence-corrected chi connectivity index (χ1v) is 7.68. The summed E-state index contributed by atoms with van der Waals surface area (Å²) in [6.45, 7) is 13.2. The molecular weight excluding hydrogens is 314 g/mol. The van der Waals surface area contributed by atoms with Gasteiger partial charge in [0.05, 0.1) is 6.57 Å². The molecule has 5 nitrogen and oxygen atoms in total. The molecule has 0 aromatic heterocycles. The second kappa shape index (κ2) is 6.43. The van der Waals surface area contributed by atoms with Crippen LogP contribution in [0.1, 0.15) is 32.8 Å². The average Bonchev–Trinajstić information content (AvgIpc) is 2.54. The highest BCUT2D eigenvalue weighted by Gasteiger charge is 2.25. The number of benzene rings is 1. The van der Waals surface area contributed by atoms with Crippen molar-refractivity contribution in [2.75, 3.05) is 10.6 Å². The van der Waals surface area contributed by atoms with Crippen molar-refractivity contribution >= 4 is 28.7 Å². The summed E-state index contributed by atoms with van der Waals surface area (Å²) in [6, 6.07) is 4.97. The fourth-order valence-electron chi connectivity index (χ4n) is 2.04. The molecule has 0 heterocycles. The number of nitrogens with one attached hydrogen (secondary N) is 2. The maximum atomic E-state index is 11.8. The molecule has 0 spiro atoms. The quantitative estimate of drug-likeness (QED) is 0.626. The molecule has 120 valence electrons. The summed E-state index contributed by atoms with van der Waals surface area (Å²) in [4.78, 5) is 26.8. The standard InChI is InChI=1S/C17H18ClN3O2/c1-5-17(2,3)21-14-13(15(22)16(14)23)20-9-10-6-7-11(19-4)8-12(10)18/h6-8,20-21H,5,9H2,1-3H3. The Labute approximate surface area is 139 Å². The van der Waals surface area contributed by atoms with E-state index in [-0.39, 0.29) is 5.54 Å². The largest absolute Gasteiger partial charge is 0.376 e. The Hall–Kier alpha value is -2.32. The van der Waals surface area contributed by atoms with Crippen molar-refractivity contribution in [3.63, 3.8) is 0 Å². The van der Waals surface area contributed by atoms with Gasteiger partial charge in [-0.2, -0.15) is 0 Å². The van der Waals surface area contributed by atoms with Crippen LogP contribution in [-0.4, -0.2) is 5.54 Å². The molecule has 2 aromatic rings. The van der Waals surface area contributed by atoms with Gasteiger partial charge in [0, 0.05) is 17.1 Å².